The summed E-state index contributed by atoms with van der Waals surface area (Å²) in [7, 11) is -4.03. The molecule has 2 unspecified atom stereocenters. The fraction of sp³-hybridized carbons (Fsp3) is 0.615. The lowest BCUT2D eigenvalue weighted by Gasteiger charge is -2.44. The van der Waals surface area contributed by atoms with Crippen molar-refractivity contribution in [1.82, 2.24) is 4.90 Å². The van der Waals surface area contributed by atoms with Gasteiger partial charge < -0.3 is 20.2 Å². The van der Waals surface area contributed by atoms with Crippen molar-refractivity contribution in [2.75, 3.05) is 29.9 Å². The molecule has 3 heterocycles. The van der Waals surface area contributed by atoms with Crippen LogP contribution in [0.2, 0.25) is 0 Å². The summed E-state index contributed by atoms with van der Waals surface area (Å²) in [5.74, 6) is 0.682. The van der Waals surface area contributed by atoms with Crippen LogP contribution in [0.3, 0.4) is 0 Å². The van der Waals surface area contributed by atoms with Gasteiger partial charge in [0.25, 0.3) is 15.9 Å². The van der Waals surface area contributed by atoms with Crippen LogP contribution in [0.25, 0.3) is 0 Å². The number of carbonyl (C=O) groups is 1. The lowest BCUT2D eigenvalue weighted by atomic mass is 9.77. The maximum Gasteiger partial charge on any atom is 0.286 e. The summed E-state index contributed by atoms with van der Waals surface area (Å²) in [5, 5.41) is 14.5. The number of aliphatic hydroxyl groups excluding tert-OH is 1. The smallest absolute Gasteiger partial charge is 0.286 e. The third-order valence-corrected chi connectivity index (χ3v) is 9.96. The van der Waals surface area contributed by atoms with E-state index < -0.39 is 10.0 Å². The Labute approximate surface area is 207 Å². The predicted octanol–water partition coefficient (Wildman–Crippen LogP) is 3.91. The molecule has 3 fully saturated rings. The Morgan fingerprint density at radius 2 is 1.91 bits per heavy atom. The summed E-state index contributed by atoms with van der Waals surface area (Å²) in [6, 6.07) is 5.32. The molecule has 35 heavy (non-hydrogen) atoms. The molecule has 5 aliphatic rings. The van der Waals surface area contributed by atoms with E-state index in [0.29, 0.717) is 30.0 Å². The van der Waals surface area contributed by atoms with Crippen LogP contribution in [0.1, 0.15) is 52.4 Å². The summed E-state index contributed by atoms with van der Waals surface area (Å²) in [6.45, 7) is 6.69. The SMILES string of the molecule is CC(C)CCN1C(=O)C(C2=NS(=O)(=O)c3cc(N4CCCC4)ccc3N2)=C(O)C2C1[C@H]1CC[C@@H]2C1. The first-order valence-corrected chi connectivity index (χ1v) is 14.4. The van der Waals surface area contributed by atoms with Crippen LogP contribution < -0.4 is 10.2 Å². The number of carbonyl (C=O) groups excluding carboxylic acids is 1. The highest BCUT2D eigenvalue weighted by Gasteiger charge is 2.57. The zero-order chi connectivity index (χ0) is 24.5. The Balaban J connectivity index is 1.39. The third kappa shape index (κ3) is 3.65. The lowest BCUT2D eigenvalue weighted by molar-refractivity contribution is -0.133. The molecule has 0 aromatic heterocycles. The molecule has 1 aromatic carbocycles. The molecule has 2 bridgehead atoms. The average Bonchev–Trinajstić information content (AvgIpc) is 3.56. The topological polar surface area (TPSA) is 102 Å². The van der Waals surface area contributed by atoms with E-state index in [1.165, 1.54) is 0 Å². The first kappa shape index (κ1) is 22.9. The molecule has 0 spiro atoms. The molecule has 2 saturated carbocycles. The van der Waals surface area contributed by atoms with E-state index in [4.69, 9.17) is 0 Å². The Hall–Kier alpha value is -2.55. The van der Waals surface area contributed by atoms with Crippen molar-refractivity contribution in [3.63, 3.8) is 0 Å². The number of anilines is 2. The van der Waals surface area contributed by atoms with E-state index in [2.05, 4.69) is 28.5 Å². The van der Waals surface area contributed by atoms with Crippen molar-refractivity contribution in [2.24, 2.45) is 28.1 Å². The first-order valence-electron chi connectivity index (χ1n) is 13.0. The molecule has 2 N–H and O–H groups in total. The molecular formula is C26H34N4O4S. The Kier molecular flexibility index (Phi) is 5.39. The molecule has 6 rings (SSSR count). The van der Waals surface area contributed by atoms with Gasteiger partial charge in [0, 0.05) is 37.3 Å². The minimum atomic E-state index is -4.03. The van der Waals surface area contributed by atoms with Gasteiger partial charge in [0.15, 0.2) is 5.84 Å². The summed E-state index contributed by atoms with van der Waals surface area (Å²) in [5.41, 5.74) is 1.29. The Morgan fingerprint density at radius 3 is 2.66 bits per heavy atom. The van der Waals surface area contributed by atoms with Crippen molar-refractivity contribution in [2.45, 2.75) is 63.3 Å². The van der Waals surface area contributed by atoms with E-state index in [-0.39, 0.29) is 39.9 Å². The molecule has 2 aliphatic carbocycles. The third-order valence-electron chi connectivity index (χ3n) is 8.64. The highest BCUT2D eigenvalue weighted by molar-refractivity contribution is 7.90. The van der Waals surface area contributed by atoms with Gasteiger partial charge >= 0.3 is 0 Å². The number of amidine groups is 1. The Bertz CT molecular complexity index is 1230. The van der Waals surface area contributed by atoms with Crippen molar-refractivity contribution in [3.8, 4) is 0 Å². The summed E-state index contributed by atoms with van der Waals surface area (Å²) in [6.07, 6.45) is 6.18. The van der Waals surface area contributed by atoms with Gasteiger partial charge in [0.1, 0.15) is 16.2 Å². The molecule has 8 nitrogen and oxygen atoms in total. The van der Waals surface area contributed by atoms with Crippen molar-refractivity contribution < 1.29 is 18.3 Å². The van der Waals surface area contributed by atoms with Crippen molar-refractivity contribution in [1.29, 1.82) is 0 Å². The summed E-state index contributed by atoms with van der Waals surface area (Å²) >= 11 is 0. The molecule has 0 radical (unpaired) electrons. The number of benzene rings is 1. The van der Waals surface area contributed by atoms with Crippen LogP contribution in [0, 0.1) is 23.7 Å². The van der Waals surface area contributed by atoms with Crippen LogP contribution in [0.15, 0.2) is 38.8 Å². The zero-order valence-corrected chi connectivity index (χ0v) is 21.2. The van der Waals surface area contributed by atoms with E-state index in [1.54, 1.807) is 12.1 Å². The fourth-order valence-corrected chi connectivity index (χ4v) is 8.09. The average molecular weight is 499 g/mol. The number of hydrogen-bond acceptors (Lipinski definition) is 6. The number of fused-ring (bicyclic) bond motifs is 6. The minimum Gasteiger partial charge on any atom is -0.511 e. The zero-order valence-electron chi connectivity index (χ0n) is 20.4. The van der Waals surface area contributed by atoms with Crippen molar-refractivity contribution in [3.05, 3.63) is 29.5 Å². The number of rotatable bonds is 5. The molecule has 1 amide bonds. The van der Waals surface area contributed by atoms with Gasteiger partial charge in [-0.1, -0.05) is 13.8 Å². The van der Waals surface area contributed by atoms with Gasteiger partial charge in [-0.25, -0.2) is 0 Å². The largest absolute Gasteiger partial charge is 0.511 e. The lowest BCUT2D eigenvalue weighted by Crippen LogP contribution is -2.54. The maximum absolute atomic E-state index is 13.8. The molecular weight excluding hydrogens is 464 g/mol. The molecule has 1 saturated heterocycles. The molecule has 188 valence electrons. The van der Waals surface area contributed by atoms with E-state index in [9.17, 15) is 18.3 Å². The monoisotopic (exact) mass is 498 g/mol. The van der Waals surface area contributed by atoms with Crippen LogP contribution in [0.4, 0.5) is 11.4 Å². The van der Waals surface area contributed by atoms with Crippen LogP contribution in [0.5, 0.6) is 0 Å². The number of hydrogen-bond donors (Lipinski definition) is 2. The standard InChI is InChI=1S/C26H34N4O4S/c1-15(2)9-12-30-23-17-6-5-16(13-17)21(23)24(31)22(26(30)32)25-27-19-8-7-18(29-10-3-4-11-29)14-20(19)35(33,34)28-25/h7-8,14-17,21,23,31H,3-6,9-13H2,1-2H3,(H,27,28)/t16-,17+,21?,23?/m1/s1. The number of sulfonamides is 1. The highest BCUT2D eigenvalue weighted by Crippen LogP contribution is 2.55. The maximum atomic E-state index is 13.8. The second-order valence-corrected chi connectivity index (χ2v) is 12.8. The Morgan fingerprint density at radius 1 is 1.17 bits per heavy atom. The van der Waals surface area contributed by atoms with Crippen molar-refractivity contribution >= 4 is 33.1 Å². The van der Waals surface area contributed by atoms with E-state index >= 15 is 0 Å². The van der Waals surface area contributed by atoms with Gasteiger partial charge in [-0.3, -0.25) is 4.79 Å². The quantitative estimate of drug-likeness (QED) is 0.638. The van der Waals surface area contributed by atoms with Gasteiger partial charge in [0.2, 0.25) is 0 Å². The van der Waals surface area contributed by atoms with Crippen LogP contribution in [-0.4, -0.2) is 55.8 Å². The summed E-state index contributed by atoms with van der Waals surface area (Å²) < 4.78 is 30.6. The fourth-order valence-electron chi connectivity index (χ4n) is 6.95. The predicted molar refractivity (Wildman–Crippen MR) is 135 cm³/mol. The summed E-state index contributed by atoms with van der Waals surface area (Å²) in [4.78, 5) is 18.0. The number of nitrogens with one attached hydrogen (secondary N) is 1. The molecule has 1 aromatic rings. The number of aliphatic hydroxyl groups is 1. The molecule has 9 heteroatoms. The molecule has 3 aliphatic heterocycles. The van der Waals surface area contributed by atoms with Gasteiger partial charge in [0.05, 0.1) is 5.69 Å². The number of amides is 1. The molecule has 4 atom stereocenters. The van der Waals surface area contributed by atoms with Crippen LogP contribution >= 0.6 is 0 Å². The second-order valence-electron chi connectivity index (χ2n) is 11.2. The highest BCUT2D eigenvalue weighted by atomic mass is 32.2. The number of nitrogens with zero attached hydrogens (tertiary/aromatic N) is 3. The van der Waals surface area contributed by atoms with Gasteiger partial charge in [-0.15, -0.1) is 4.40 Å². The van der Waals surface area contributed by atoms with E-state index in [0.717, 1.165) is 57.3 Å². The first-order chi connectivity index (χ1) is 16.7. The minimum absolute atomic E-state index is 0.000136. The van der Waals surface area contributed by atoms with E-state index in [1.807, 2.05) is 11.0 Å². The van der Waals surface area contributed by atoms with Crippen LogP contribution in [-0.2, 0) is 14.8 Å². The van der Waals surface area contributed by atoms with Gasteiger partial charge in [-0.2, -0.15) is 8.42 Å². The second kappa shape index (κ2) is 8.25. The normalized spacial score (nSPS) is 31.1. The van der Waals surface area contributed by atoms with Gasteiger partial charge in [-0.05, 0) is 74.5 Å².